The van der Waals surface area contributed by atoms with Crippen LogP contribution in [-0.4, -0.2) is 29.3 Å². The standard InChI is InChI=1S/C12H18N2O4/c1-3-18-12-7-10(13-9(2)4-5-15)6-11(8-12)14(16)17/h6-9,13,15H,3-5H2,1-2H3. The van der Waals surface area contributed by atoms with Crippen LogP contribution in [0.3, 0.4) is 0 Å². The maximum Gasteiger partial charge on any atom is 0.275 e. The molecule has 1 aromatic carbocycles. The number of hydrogen-bond acceptors (Lipinski definition) is 5. The van der Waals surface area contributed by atoms with Crippen LogP contribution < -0.4 is 10.1 Å². The van der Waals surface area contributed by atoms with Crippen molar-refractivity contribution in [3.8, 4) is 5.75 Å². The summed E-state index contributed by atoms with van der Waals surface area (Å²) >= 11 is 0. The molecule has 0 saturated heterocycles. The SMILES string of the molecule is CCOc1cc(NC(C)CCO)cc([N+](=O)[O-])c1. The number of nitro benzene ring substituents is 1. The lowest BCUT2D eigenvalue weighted by Crippen LogP contribution is -2.16. The lowest BCUT2D eigenvalue weighted by atomic mass is 10.2. The maximum absolute atomic E-state index is 10.8. The van der Waals surface area contributed by atoms with Crippen LogP contribution in [-0.2, 0) is 0 Å². The van der Waals surface area contributed by atoms with Gasteiger partial charge in [-0.05, 0) is 20.3 Å². The molecule has 0 heterocycles. The molecule has 18 heavy (non-hydrogen) atoms. The van der Waals surface area contributed by atoms with Gasteiger partial charge in [-0.1, -0.05) is 0 Å². The highest BCUT2D eigenvalue weighted by atomic mass is 16.6. The van der Waals surface area contributed by atoms with Crippen molar-refractivity contribution in [2.24, 2.45) is 0 Å². The second-order valence-corrected chi connectivity index (χ2v) is 3.96. The highest BCUT2D eigenvalue weighted by Gasteiger charge is 2.11. The molecule has 0 amide bonds. The average molecular weight is 254 g/mol. The maximum atomic E-state index is 10.8. The van der Waals surface area contributed by atoms with Crippen molar-refractivity contribution in [3.63, 3.8) is 0 Å². The van der Waals surface area contributed by atoms with Gasteiger partial charge in [-0.15, -0.1) is 0 Å². The number of nitro groups is 1. The summed E-state index contributed by atoms with van der Waals surface area (Å²) in [6, 6.07) is 4.60. The molecule has 2 N–H and O–H groups in total. The summed E-state index contributed by atoms with van der Waals surface area (Å²) in [7, 11) is 0. The molecule has 6 nitrogen and oxygen atoms in total. The van der Waals surface area contributed by atoms with Gasteiger partial charge in [-0.25, -0.2) is 0 Å². The van der Waals surface area contributed by atoms with E-state index in [1.54, 1.807) is 6.07 Å². The third-order valence-corrected chi connectivity index (χ3v) is 2.39. The molecule has 0 aliphatic carbocycles. The normalized spacial score (nSPS) is 11.9. The second-order valence-electron chi connectivity index (χ2n) is 3.96. The summed E-state index contributed by atoms with van der Waals surface area (Å²) in [6.07, 6.45) is 0.576. The van der Waals surface area contributed by atoms with E-state index in [9.17, 15) is 10.1 Å². The fourth-order valence-corrected chi connectivity index (χ4v) is 1.57. The number of anilines is 1. The van der Waals surface area contributed by atoms with Crippen molar-refractivity contribution >= 4 is 11.4 Å². The quantitative estimate of drug-likeness (QED) is 0.575. The van der Waals surface area contributed by atoms with E-state index >= 15 is 0 Å². The minimum Gasteiger partial charge on any atom is -0.494 e. The number of ether oxygens (including phenoxy) is 1. The molecule has 0 aliphatic heterocycles. The van der Waals surface area contributed by atoms with Crippen molar-refractivity contribution < 1.29 is 14.8 Å². The van der Waals surface area contributed by atoms with E-state index in [4.69, 9.17) is 9.84 Å². The zero-order chi connectivity index (χ0) is 13.5. The summed E-state index contributed by atoms with van der Waals surface area (Å²) in [4.78, 5) is 10.3. The Balaban J connectivity index is 2.91. The molecular weight excluding hydrogens is 236 g/mol. The van der Waals surface area contributed by atoms with E-state index in [0.717, 1.165) is 0 Å². The molecule has 0 aliphatic rings. The number of aliphatic hydroxyl groups is 1. The molecule has 0 saturated carbocycles. The van der Waals surface area contributed by atoms with Crippen LogP contribution in [0, 0.1) is 10.1 Å². The summed E-state index contributed by atoms with van der Waals surface area (Å²) in [5.74, 6) is 0.463. The summed E-state index contributed by atoms with van der Waals surface area (Å²) in [6.45, 7) is 4.24. The van der Waals surface area contributed by atoms with Gasteiger partial charge in [-0.2, -0.15) is 0 Å². The Bertz CT molecular complexity index is 409. The fourth-order valence-electron chi connectivity index (χ4n) is 1.57. The van der Waals surface area contributed by atoms with E-state index in [1.807, 2.05) is 13.8 Å². The first-order valence-corrected chi connectivity index (χ1v) is 5.86. The van der Waals surface area contributed by atoms with Gasteiger partial charge >= 0.3 is 0 Å². The van der Waals surface area contributed by atoms with Crippen LogP contribution in [0.15, 0.2) is 18.2 Å². The Morgan fingerprint density at radius 1 is 1.50 bits per heavy atom. The first-order chi connectivity index (χ1) is 8.56. The van der Waals surface area contributed by atoms with Gasteiger partial charge in [0.1, 0.15) is 5.75 Å². The van der Waals surface area contributed by atoms with E-state index < -0.39 is 4.92 Å². The molecule has 0 bridgehead atoms. The number of hydrogen-bond donors (Lipinski definition) is 2. The van der Waals surface area contributed by atoms with Gasteiger partial charge in [0.05, 0.1) is 17.6 Å². The smallest absolute Gasteiger partial charge is 0.275 e. The van der Waals surface area contributed by atoms with Crippen LogP contribution in [0.1, 0.15) is 20.3 Å². The molecule has 0 fully saturated rings. The molecule has 0 radical (unpaired) electrons. The zero-order valence-electron chi connectivity index (χ0n) is 10.5. The van der Waals surface area contributed by atoms with Crippen LogP contribution >= 0.6 is 0 Å². The van der Waals surface area contributed by atoms with Crippen LogP contribution in [0.4, 0.5) is 11.4 Å². The second kappa shape index (κ2) is 6.80. The lowest BCUT2D eigenvalue weighted by Gasteiger charge is -2.14. The van der Waals surface area contributed by atoms with E-state index in [2.05, 4.69) is 5.32 Å². The van der Waals surface area contributed by atoms with Crippen molar-refractivity contribution in [3.05, 3.63) is 28.3 Å². The summed E-state index contributed by atoms with van der Waals surface area (Å²) < 4.78 is 5.29. The number of nitrogens with one attached hydrogen (secondary N) is 1. The molecule has 0 spiro atoms. The fraction of sp³-hybridized carbons (Fsp3) is 0.500. The van der Waals surface area contributed by atoms with Gasteiger partial charge in [0, 0.05) is 30.5 Å². The van der Waals surface area contributed by atoms with Crippen molar-refractivity contribution in [2.45, 2.75) is 26.3 Å². The largest absolute Gasteiger partial charge is 0.494 e. The third kappa shape index (κ3) is 4.21. The summed E-state index contributed by atoms with van der Waals surface area (Å²) in [5.41, 5.74) is 0.605. The van der Waals surface area contributed by atoms with Crippen LogP contribution in [0.25, 0.3) is 0 Å². The van der Waals surface area contributed by atoms with Crippen molar-refractivity contribution in [1.29, 1.82) is 0 Å². The van der Waals surface area contributed by atoms with Gasteiger partial charge in [-0.3, -0.25) is 10.1 Å². The Morgan fingerprint density at radius 2 is 2.22 bits per heavy atom. The van der Waals surface area contributed by atoms with Gasteiger partial charge < -0.3 is 15.2 Å². The Kier molecular flexibility index (Phi) is 5.38. The molecular formula is C12H18N2O4. The number of aliphatic hydroxyl groups excluding tert-OH is 1. The topological polar surface area (TPSA) is 84.6 Å². The van der Waals surface area contributed by atoms with E-state index in [-0.39, 0.29) is 18.3 Å². The minimum absolute atomic E-state index is 0.0142. The third-order valence-electron chi connectivity index (χ3n) is 2.39. The number of rotatable bonds is 7. The summed E-state index contributed by atoms with van der Waals surface area (Å²) in [5, 5.41) is 22.7. The molecule has 6 heteroatoms. The molecule has 100 valence electrons. The van der Waals surface area contributed by atoms with Crippen LogP contribution in [0.5, 0.6) is 5.75 Å². The van der Waals surface area contributed by atoms with Gasteiger partial charge in [0.2, 0.25) is 0 Å². The highest BCUT2D eigenvalue weighted by molar-refractivity contribution is 5.56. The highest BCUT2D eigenvalue weighted by Crippen LogP contribution is 2.26. The molecule has 1 aromatic rings. The lowest BCUT2D eigenvalue weighted by molar-refractivity contribution is -0.384. The first-order valence-electron chi connectivity index (χ1n) is 5.86. The van der Waals surface area contributed by atoms with E-state index in [0.29, 0.717) is 24.5 Å². The Labute approximate surface area is 106 Å². The predicted molar refractivity (Wildman–Crippen MR) is 69.1 cm³/mol. The monoisotopic (exact) mass is 254 g/mol. The Morgan fingerprint density at radius 3 is 2.78 bits per heavy atom. The predicted octanol–water partition coefficient (Wildman–Crippen LogP) is 2.18. The van der Waals surface area contributed by atoms with E-state index in [1.165, 1.54) is 12.1 Å². The number of benzene rings is 1. The Hall–Kier alpha value is -1.82. The van der Waals surface area contributed by atoms with Crippen molar-refractivity contribution in [1.82, 2.24) is 0 Å². The zero-order valence-corrected chi connectivity index (χ0v) is 10.5. The van der Waals surface area contributed by atoms with Crippen LogP contribution in [0.2, 0.25) is 0 Å². The number of nitrogens with zero attached hydrogens (tertiary/aromatic N) is 1. The average Bonchev–Trinajstić information content (AvgIpc) is 2.29. The van der Waals surface area contributed by atoms with Crippen molar-refractivity contribution in [2.75, 3.05) is 18.5 Å². The molecule has 1 rings (SSSR count). The first kappa shape index (κ1) is 14.2. The minimum atomic E-state index is -0.454. The molecule has 1 atom stereocenters. The van der Waals surface area contributed by atoms with Gasteiger partial charge in [0.25, 0.3) is 5.69 Å². The molecule has 1 unspecified atom stereocenters. The number of non-ortho nitro benzene ring substituents is 1. The van der Waals surface area contributed by atoms with Gasteiger partial charge in [0.15, 0.2) is 0 Å². The molecule has 0 aromatic heterocycles.